The third kappa shape index (κ3) is 4.93. The molecule has 0 spiro atoms. The van der Waals surface area contributed by atoms with E-state index >= 15 is 0 Å². The normalized spacial score (nSPS) is 15.5. The van der Waals surface area contributed by atoms with Gasteiger partial charge in [-0.2, -0.15) is 0 Å². The van der Waals surface area contributed by atoms with Crippen molar-refractivity contribution in [1.29, 1.82) is 0 Å². The van der Waals surface area contributed by atoms with Crippen molar-refractivity contribution < 1.29 is 0 Å². The molecule has 0 amide bonds. The Morgan fingerprint density at radius 3 is 2.14 bits per heavy atom. The van der Waals surface area contributed by atoms with E-state index < -0.39 is 0 Å². The molecule has 0 unspecified atom stereocenters. The predicted molar refractivity (Wildman–Crippen MR) is 189 cm³/mol. The fraction of sp³-hybridized carbons (Fsp3) is 0.0732. The molecule has 3 heteroatoms. The van der Waals surface area contributed by atoms with E-state index in [1.165, 1.54) is 22.2 Å². The number of fused-ring (bicyclic) bond motifs is 4. The number of hydrogen-bond acceptors (Lipinski definition) is 2. The maximum atomic E-state index is 4.34. The zero-order valence-corrected chi connectivity index (χ0v) is 25.0. The van der Waals surface area contributed by atoms with Crippen LogP contribution in [-0.2, 0) is 6.42 Å². The number of rotatable bonds is 5. The second kappa shape index (κ2) is 11.6. The first-order valence-corrected chi connectivity index (χ1v) is 15.1. The lowest BCUT2D eigenvalue weighted by atomic mass is 10.0. The lowest BCUT2D eigenvalue weighted by Crippen LogP contribution is -2.18. The summed E-state index contributed by atoms with van der Waals surface area (Å²) in [7, 11) is 0. The first-order valence-electron chi connectivity index (χ1n) is 15.1. The summed E-state index contributed by atoms with van der Waals surface area (Å²) in [5, 5.41) is 1.31. The summed E-state index contributed by atoms with van der Waals surface area (Å²) in [6, 6.07) is 34.7. The molecule has 0 atom stereocenters. The summed E-state index contributed by atoms with van der Waals surface area (Å²) >= 11 is 0. The molecule has 0 radical (unpaired) electrons. The number of nitrogens with zero attached hydrogens (tertiary/aromatic N) is 3. The minimum absolute atomic E-state index is 0.767. The fourth-order valence-corrected chi connectivity index (χ4v) is 6.36. The van der Waals surface area contributed by atoms with Gasteiger partial charge in [-0.15, -0.1) is 0 Å². The first kappa shape index (κ1) is 27.3. The van der Waals surface area contributed by atoms with Crippen LogP contribution >= 0.6 is 0 Å². The van der Waals surface area contributed by atoms with E-state index in [2.05, 4.69) is 180 Å². The molecular weight excluding hydrogens is 534 g/mol. The van der Waals surface area contributed by atoms with Crippen LogP contribution in [0.3, 0.4) is 0 Å². The summed E-state index contributed by atoms with van der Waals surface area (Å²) in [6.45, 7) is 11.5. The number of allylic oxidation sites excluding steroid dienone is 8. The highest BCUT2D eigenvalue weighted by Crippen LogP contribution is 2.37. The third-order valence-electron chi connectivity index (χ3n) is 8.38. The van der Waals surface area contributed by atoms with Crippen molar-refractivity contribution in [2.24, 2.45) is 0 Å². The molecule has 1 aliphatic heterocycles. The Hall–Kier alpha value is -5.54. The molecule has 0 saturated carbocycles. The zero-order chi connectivity index (χ0) is 30.0. The number of anilines is 4. The Bertz CT molecular complexity index is 2000. The summed E-state index contributed by atoms with van der Waals surface area (Å²) in [5.74, 6) is 0. The average Bonchev–Trinajstić information content (AvgIpc) is 3.20. The summed E-state index contributed by atoms with van der Waals surface area (Å²) < 4.78 is 2.37. The molecule has 0 bridgehead atoms. The molecule has 44 heavy (non-hydrogen) atoms. The van der Waals surface area contributed by atoms with E-state index in [4.69, 9.17) is 0 Å². The van der Waals surface area contributed by atoms with Gasteiger partial charge < -0.3 is 14.4 Å². The highest BCUT2D eigenvalue weighted by Gasteiger charge is 2.18. The molecule has 214 valence electrons. The number of para-hydroxylation sites is 2. The van der Waals surface area contributed by atoms with E-state index in [0.717, 1.165) is 58.2 Å². The smallest absolute Gasteiger partial charge is 0.0537 e. The van der Waals surface area contributed by atoms with Gasteiger partial charge in [0.2, 0.25) is 0 Å². The zero-order valence-electron chi connectivity index (χ0n) is 25.0. The molecule has 1 aliphatic carbocycles. The van der Waals surface area contributed by atoms with Gasteiger partial charge in [-0.1, -0.05) is 92.1 Å². The second-order valence-corrected chi connectivity index (χ2v) is 11.3. The maximum Gasteiger partial charge on any atom is 0.0537 e. The van der Waals surface area contributed by atoms with Crippen molar-refractivity contribution in [3.8, 4) is 5.69 Å². The van der Waals surface area contributed by atoms with Crippen LogP contribution in [0.4, 0.5) is 22.7 Å². The van der Waals surface area contributed by atoms with Gasteiger partial charge in [-0.05, 0) is 91.2 Å². The van der Waals surface area contributed by atoms with Crippen LogP contribution in [0.2, 0.25) is 0 Å². The lowest BCUT2D eigenvalue weighted by molar-refractivity contribution is 1.08. The Balaban J connectivity index is 1.22. The van der Waals surface area contributed by atoms with Crippen LogP contribution in [0, 0.1) is 0 Å². The van der Waals surface area contributed by atoms with Crippen LogP contribution in [0.5, 0.6) is 0 Å². The molecule has 0 fully saturated rings. The van der Waals surface area contributed by atoms with Crippen LogP contribution < -0.4 is 9.80 Å². The Kier molecular flexibility index (Phi) is 7.21. The molecule has 0 saturated heterocycles. The van der Waals surface area contributed by atoms with Gasteiger partial charge in [0.1, 0.15) is 0 Å². The van der Waals surface area contributed by atoms with Crippen LogP contribution in [0.1, 0.15) is 23.7 Å². The van der Waals surface area contributed by atoms with Crippen molar-refractivity contribution >= 4 is 45.3 Å². The van der Waals surface area contributed by atoms with Crippen molar-refractivity contribution in [2.45, 2.75) is 13.3 Å². The Morgan fingerprint density at radius 2 is 1.36 bits per heavy atom. The van der Waals surface area contributed by atoms with Crippen molar-refractivity contribution in [3.05, 3.63) is 175 Å². The molecule has 5 aromatic rings. The van der Waals surface area contributed by atoms with E-state index in [0.29, 0.717) is 0 Å². The van der Waals surface area contributed by atoms with Gasteiger partial charge in [-0.3, -0.25) is 0 Å². The van der Waals surface area contributed by atoms with Gasteiger partial charge in [0.25, 0.3) is 0 Å². The first-order chi connectivity index (χ1) is 21.6. The highest BCUT2D eigenvalue weighted by molar-refractivity contribution is 5.91. The standard InChI is InChI=1S/C41H35N3/c1-30(2)43(33-23-21-32(22-24-33)42-29-13-5-6-14-31(3)36-15-9-11-18-39(36)42)34-25-27-35(28-26-34)44-40-19-8-4-7-16-37(40)38-17-10-12-20-41(38)44/h4-15,17-28H,1,3,16,29H2,2H3/b13-5-,14-6-. The second-order valence-electron chi connectivity index (χ2n) is 11.3. The van der Waals surface area contributed by atoms with Gasteiger partial charge >= 0.3 is 0 Å². The van der Waals surface area contributed by atoms with E-state index in [1.807, 2.05) is 0 Å². The summed E-state index contributed by atoms with van der Waals surface area (Å²) in [4.78, 5) is 4.55. The molecule has 4 aromatic carbocycles. The number of hydrogen-bond donors (Lipinski definition) is 0. The van der Waals surface area contributed by atoms with Gasteiger partial charge in [0.05, 0.1) is 11.2 Å². The van der Waals surface area contributed by atoms with Crippen molar-refractivity contribution in [1.82, 2.24) is 4.57 Å². The van der Waals surface area contributed by atoms with E-state index in [9.17, 15) is 0 Å². The van der Waals surface area contributed by atoms with Gasteiger partial charge in [0, 0.05) is 51.6 Å². The van der Waals surface area contributed by atoms with Crippen molar-refractivity contribution in [3.63, 3.8) is 0 Å². The van der Waals surface area contributed by atoms with Crippen LogP contribution in [0.15, 0.2) is 158 Å². The Morgan fingerprint density at radius 1 is 0.705 bits per heavy atom. The topological polar surface area (TPSA) is 11.4 Å². The molecule has 1 aromatic heterocycles. The van der Waals surface area contributed by atoms with Gasteiger partial charge in [-0.25, -0.2) is 0 Å². The SMILES string of the molecule is C=C1/C=C\C=C/CN(c2ccc(N(C(=C)C)c3ccc(-n4c5c(c6ccccc64)CC=CC=C5)cc3)cc2)c2ccccc21. The van der Waals surface area contributed by atoms with E-state index in [1.54, 1.807) is 0 Å². The lowest BCUT2D eigenvalue weighted by Gasteiger charge is -2.28. The van der Waals surface area contributed by atoms with Gasteiger partial charge in [0.15, 0.2) is 0 Å². The molecule has 2 aliphatic rings. The number of benzene rings is 4. The van der Waals surface area contributed by atoms with Crippen molar-refractivity contribution in [2.75, 3.05) is 16.3 Å². The molecule has 7 rings (SSSR count). The van der Waals surface area contributed by atoms with Crippen LogP contribution in [0.25, 0.3) is 28.2 Å². The quantitative estimate of drug-likeness (QED) is 0.209. The summed E-state index contributed by atoms with van der Waals surface area (Å²) in [6.07, 6.45) is 18.1. The van der Waals surface area contributed by atoms with Crippen LogP contribution in [-0.4, -0.2) is 11.1 Å². The monoisotopic (exact) mass is 569 g/mol. The molecule has 3 nitrogen and oxygen atoms in total. The highest BCUT2D eigenvalue weighted by atomic mass is 15.2. The fourth-order valence-electron chi connectivity index (χ4n) is 6.36. The number of aromatic nitrogens is 1. The predicted octanol–water partition coefficient (Wildman–Crippen LogP) is 10.7. The molecule has 2 heterocycles. The minimum atomic E-state index is 0.767. The Labute approximate surface area is 260 Å². The largest absolute Gasteiger partial charge is 0.337 e. The molecular formula is C41H35N3. The summed E-state index contributed by atoms with van der Waals surface area (Å²) in [5.41, 5.74) is 12.5. The average molecular weight is 570 g/mol. The third-order valence-corrected chi connectivity index (χ3v) is 8.38. The van der Waals surface area contributed by atoms with E-state index in [-0.39, 0.29) is 0 Å². The molecule has 0 N–H and O–H groups in total. The maximum absolute atomic E-state index is 4.34. The minimum Gasteiger partial charge on any atom is -0.337 e.